The van der Waals surface area contributed by atoms with E-state index in [0.29, 0.717) is 0 Å². The Morgan fingerprint density at radius 3 is 1.80 bits per heavy atom. The Bertz CT molecular complexity index is 142. The van der Waals surface area contributed by atoms with Crippen LogP contribution in [0.5, 0.6) is 0 Å². The fraction of sp³-hybridized carbons (Fsp3) is 1.00. The van der Waals surface area contributed by atoms with E-state index in [1.807, 2.05) is 0 Å². The van der Waals surface area contributed by atoms with Crippen LogP contribution in [0.15, 0.2) is 0 Å². The normalized spacial score (nSPS) is 14.6. The molecule has 0 heterocycles. The van der Waals surface area contributed by atoms with E-state index in [9.17, 15) is 0 Å². The molecule has 0 aromatic rings. The van der Waals surface area contributed by atoms with Crippen LogP contribution in [-0.2, 0) is 4.74 Å². The molecule has 0 spiro atoms. The molecule has 92 valence electrons. The highest BCUT2D eigenvalue weighted by molar-refractivity contribution is 4.90. The Balaban J connectivity index is 4.43. The summed E-state index contributed by atoms with van der Waals surface area (Å²) in [7, 11) is 1.79. The number of rotatable bonds is 8. The van der Waals surface area contributed by atoms with Crippen LogP contribution in [0.4, 0.5) is 0 Å². The Morgan fingerprint density at radius 2 is 1.53 bits per heavy atom. The smallest absolute Gasteiger partial charge is 0.0823 e. The van der Waals surface area contributed by atoms with Crippen molar-refractivity contribution in [2.45, 2.75) is 71.4 Å². The van der Waals surface area contributed by atoms with E-state index in [1.54, 1.807) is 7.11 Å². The van der Waals surface area contributed by atoms with Crippen LogP contribution in [0.25, 0.3) is 0 Å². The molecule has 0 aromatic carbocycles. The third-order valence-electron chi connectivity index (χ3n) is 4.02. The van der Waals surface area contributed by atoms with E-state index in [4.69, 9.17) is 10.5 Å². The standard InChI is InChI=1S/C13H29NO/c1-6-11(7-2)10-12(14)13(8-3,9-4)15-5/h11-12H,6-10,14H2,1-5H3. The first-order chi connectivity index (χ1) is 7.10. The molecule has 0 saturated carbocycles. The first kappa shape index (κ1) is 14.9. The van der Waals surface area contributed by atoms with Gasteiger partial charge in [-0.2, -0.15) is 0 Å². The first-order valence-electron chi connectivity index (χ1n) is 6.40. The summed E-state index contributed by atoms with van der Waals surface area (Å²) in [6.45, 7) is 8.82. The molecule has 15 heavy (non-hydrogen) atoms. The lowest BCUT2D eigenvalue weighted by Crippen LogP contribution is -2.49. The van der Waals surface area contributed by atoms with Crippen LogP contribution < -0.4 is 5.73 Å². The topological polar surface area (TPSA) is 35.2 Å². The Morgan fingerprint density at radius 1 is 1.07 bits per heavy atom. The third kappa shape index (κ3) is 3.76. The molecular formula is C13H29NO. The van der Waals surface area contributed by atoms with Crippen LogP contribution in [0, 0.1) is 5.92 Å². The average molecular weight is 215 g/mol. The van der Waals surface area contributed by atoms with Gasteiger partial charge < -0.3 is 10.5 Å². The molecule has 0 aliphatic rings. The summed E-state index contributed by atoms with van der Waals surface area (Å²) in [6, 6.07) is 0.169. The van der Waals surface area contributed by atoms with Gasteiger partial charge in [-0.3, -0.25) is 0 Å². The van der Waals surface area contributed by atoms with Crippen molar-refractivity contribution in [2.24, 2.45) is 11.7 Å². The lowest BCUT2D eigenvalue weighted by Gasteiger charge is -2.37. The van der Waals surface area contributed by atoms with E-state index in [2.05, 4.69) is 27.7 Å². The zero-order valence-corrected chi connectivity index (χ0v) is 11.2. The molecule has 2 heteroatoms. The minimum absolute atomic E-state index is 0.109. The van der Waals surface area contributed by atoms with E-state index in [1.165, 1.54) is 12.8 Å². The lowest BCUT2D eigenvalue weighted by molar-refractivity contribution is -0.0430. The second-order valence-corrected chi connectivity index (χ2v) is 4.50. The van der Waals surface area contributed by atoms with Gasteiger partial charge in [-0.05, 0) is 25.2 Å². The minimum Gasteiger partial charge on any atom is -0.377 e. The van der Waals surface area contributed by atoms with Gasteiger partial charge >= 0.3 is 0 Å². The van der Waals surface area contributed by atoms with Gasteiger partial charge in [-0.25, -0.2) is 0 Å². The van der Waals surface area contributed by atoms with Crippen molar-refractivity contribution in [1.29, 1.82) is 0 Å². The monoisotopic (exact) mass is 215 g/mol. The quantitative estimate of drug-likeness (QED) is 0.674. The highest BCUT2D eigenvalue weighted by atomic mass is 16.5. The molecule has 0 rings (SSSR count). The van der Waals surface area contributed by atoms with Gasteiger partial charge in [0.15, 0.2) is 0 Å². The number of hydrogen-bond donors (Lipinski definition) is 1. The minimum atomic E-state index is -0.109. The van der Waals surface area contributed by atoms with Crippen LogP contribution in [0.3, 0.4) is 0 Å². The number of nitrogens with two attached hydrogens (primary N) is 1. The van der Waals surface area contributed by atoms with Crippen LogP contribution in [0.2, 0.25) is 0 Å². The molecular weight excluding hydrogens is 186 g/mol. The number of methoxy groups -OCH3 is 1. The molecule has 0 aliphatic carbocycles. The van der Waals surface area contributed by atoms with Crippen molar-refractivity contribution in [3.05, 3.63) is 0 Å². The summed E-state index contributed by atoms with van der Waals surface area (Å²) in [5, 5.41) is 0. The molecule has 0 amide bonds. The fourth-order valence-electron chi connectivity index (χ4n) is 2.41. The maximum atomic E-state index is 6.31. The van der Waals surface area contributed by atoms with E-state index in [0.717, 1.165) is 25.2 Å². The molecule has 0 aliphatic heterocycles. The summed E-state index contributed by atoms with van der Waals surface area (Å²) in [5.74, 6) is 0.743. The predicted molar refractivity (Wildman–Crippen MR) is 67.0 cm³/mol. The van der Waals surface area contributed by atoms with Gasteiger partial charge in [0.2, 0.25) is 0 Å². The molecule has 1 atom stereocenters. The maximum absolute atomic E-state index is 6.31. The van der Waals surface area contributed by atoms with Crippen molar-refractivity contribution in [3.8, 4) is 0 Å². The largest absolute Gasteiger partial charge is 0.377 e. The highest BCUT2D eigenvalue weighted by Gasteiger charge is 2.33. The summed E-state index contributed by atoms with van der Waals surface area (Å²) in [5.41, 5.74) is 6.20. The zero-order chi connectivity index (χ0) is 11.9. The van der Waals surface area contributed by atoms with Crippen LogP contribution in [-0.4, -0.2) is 18.8 Å². The fourth-order valence-corrected chi connectivity index (χ4v) is 2.41. The van der Waals surface area contributed by atoms with Gasteiger partial charge in [0.25, 0.3) is 0 Å². The molecule has 0 saturated heterocycles. The van der Waals surface area contributed by atoms with Gasteiger partial charge in [-0.1, -0.05) is 40.5 Å². The average Bonchev–Trinajstić information content (AvgIpc) is 2.29. The second kappa shape index (κ2) is 7.24. The Hall–Kier alpha value is -0.0800. The number of ether oxygens (including phenoxy) is 1. The van der Waals surface area contributed by atoms with Crippen molar-refractivity contribution >= 4 is 0 Å². The SMILES string of the molecule is CCC(CC)CC(N)C(CC)(CC)OC. The zero-order valence-electron chi connectivity index (χ0n) is 11.2. The molecule has 2 nitrogen and oxygen atoms in total. The van der Waals surface area contributed by atoms with Crippen molar-refractivity contribution in [2.75, 3.05) is 7.11 Å². The number of hydrogen-bond acceptors (Lipinski definition) is 2. The van der Waals surface area contributed by atoms with Gasteiger partial charge in [0, 0.05) is 13.2 Å². The van der Waals surface area contributed by atoms with Gasteiger partial charge in [0.05, 0.1) is 5.60 Å². The molecule has 0 bridgehead atoms. The summed E-state index contributed by atoms with van der Waals surface area (Å²) in [4.78, 5) is 0. The molecule has 0 fully saturated rings. The molecule has 1 unspecified atom stereocenters. The Kier molecular flexibility index (Phi) is 7.20. The molecule has 2 N–H and O–H groups in total. The van der Waals surface area contributed by atoms with Crippen molar-refractivity contribution < 1.29 is 4.74 Å². The maximum Gasteiger partial charge on any atom is 0.0823 e. The summed E-state index contributed by atoms with van der Waals surface area (Å²) in [6.07, 6.45) is 5.53. The second-order valence-electron chi connectivity index (χ2n) is 4.50. The van der Waals surface area contributed by atoms with Gasteiger partial charge in [0.1, 0.15) is 0 Å². The van der Waals surface area contributed by atoms with E-state index in [-0.39, 0.29) is 11.6 Å². The van der Waals surface area contributed by atoms with E-state index < -0.39 is 0 Å². The Labute approximate surface area is 95.6 Å². The van der Waals surface area contributed by atoms with Crippen molar-refractivity contribution in [1.82, 2.24) is 0 Å². The molecule has 0 aromatic heterocycles. The van der Waals surface area contributed by atoms with E-state index >= 15 is 0 Å². The summed E-state index contributed by atoms with van der Waals surface area (Å²) < 4.78 is 5.66. The van der Waals surface area contributed by atoms with Crippen LogP contribution >= 0.6 is 0 Å². The lowest BCUT2D eigenvalue weighted by atomic mass is 9.82. The molecule has 0 radical (unpaired) electrons. The predicted octanol–water partition coefficient (Wildman–Crippen LogP) is 3.35. The highest BCUT2D eigenvalue weighted by Crippen LogP contribution is 2.28. The third-order valence-corrected chi connectivity index (χ3v) is 4.02. The van der Waals surface area contributed by atoms with Gasteiger partial charge in [-0.15, -0.1) is 0 Å². The first-order valence-corrected chi connectivity index (χ1v) is 6.40. The summed E-state index contributed by atoms with van der Waals surface area (Å²) >= 11 is 0. The van der Waals surface area contributed by atoms with Crippen molar-refractivity contribution in [3.63, 3.8) is 0 Å². The van der Waals surface area contributed by atoms with Crippen LogP contribution in [0.1, 0.15) is 59.8 Å².